The molecule has 0 heterocycles. The molecule has 0 aliphatic heterocycles. The predicted octanol–water partition coefficient (Wildman–Crippen LogP) is 10.7. The molecule has 1 aliphatic rings. The Hall–Kier alpha value is -4.35. The van der Waals surface area contributed by atoms with Gasteiger partial charge >= 0.3 is 33.0 Å². The number of rotatable bonds is 8. The molecule has 0 atom stereocenters. The van der Waals surface area contributed by atoms with Gasteiger partial charge in [0, 0.05) is 27.8 Å². The van der Waals surface area contributed by atoms with Gasteiger partial charge in [0.2, 0.25) is 6.79 Å². The van der Waals surface area contributed by atoms with Gasteiger partial charge < -0.3 is 25.4 Å². The molecule has 6 nitrogen and oxygen atoms in total. The van der Waals surface area contributed by atoms with Crippen molar-refractivity contribution in [3.63, 3.8) is 0 Å². The van der Waals surface area contributed by atoms with Gasteiger partial charge in [0.15, 0.2) is 6.79 Å². The van der Waals surface area contributed by atoms with Gasteiger partial charge in [-0.3, -0.25) is 0 Å². The third kappa shape index (κ3) is 12.3. The molecule has 57 heavy (non-hydrogen) atoms. The summed E-state index contributed by atoms with van der Waals surface area (Å²) in [7, 11) is 0. The topological polar surface area (TPSA) is 71.1 Å². The molecule has 7 heteroatoms. The van der Waals surface area contributed by atoms with Gasteiger partial charge in [-0.15, -0.1) is 11.1 Å². The number of hydrogen-bond acceptors (Lipinski definition) is 6. The second kappa shape index (κ2) is 22.0. The molecule has 4 rings (SSSR count). The van der Waals surface area contributed by atoms with Gasteiger partial charge in [-0.2, -0.15) is 30.0 Å². The Bertz CT molecular complexity index is 2070. The Balaban J connectivity index is 0.000000630. The van der Waals surface area contributed by atoms with E-state index in [9.17, 15) is 9.59 Å². The number of aryl methyl sites for hydroxylation is 2. The van der Waals surface area contributed by atoms with Crippen LogP contribution >= 0.6 is 0 Å². The molecule has 0 N–H and O–H groups in total. The van der Waals surface area contributed by atoms with Gasteiger partial charge in [0.05, 0.1) is 6.10 Å². The van der Waals surface area contributed by atoms with E-state index in [4.69, 9.17) is 18.9 Å². The number of benzene rings is 3. The summed E-state index contributed by atoms with van der Waals surface area (Å²) in [4.78, 5) is 22.7. The molecule has 302 valence electrons. The summed E-state index contributed by atoms with van der Waals surface area (Å²) in [5, 5.41) is 0. The van der Waals surface area contributed by atoms with Gasteiger partial charge in [0.25, 0.3) is 0 Å². The SMILES string of the molecule is C=C(C)C(=O)OCOC1CC[CH-]CC1.C=C(C)C(=O)OCOc1c(C)c(C)c(C#Cc2c(C)c(C)c(C#Cc3c(C)c(C)[c-]c(C)c3C)c(C)c2C)c(C)c1C.[W+2]. The molecular formula is C50H60O6W. The number of carbonyl (C=O) groups excluding carboxylic acids is 2. The first-order valence-corrected chi connectivity index (χ1v) is 19.3. The molecule has 0 radical (unpaired) electrons. The standard InChI is InChI=1S/C39H43O3.C11H17O3.W/c1-21(2)39(40)42-20-41-38-32(13)30(11)37(31(12)33(38)14)18-17-36-28(9)26(7)35(27(8)29(36)10)16-15-34-24(5)22(3)19-23(4)25(34)6;1-9(2)11(12)14-8-13-10-6-4-3-5-7-10;/h1,20H2,2-14H3;3,10H,1,4-8H2,2H3;/q2*-1;+2. The fraction of sp³-hybridized carbons (Fsp3) is 0.420. The minimum absolute atomic E-state index is 0. The third-order valence-corrected chi connectivity index (χ3v) is 11.0. The van der Waals surface area contributed by atoms with Crippen LogP contribution in [-0.2, 0) is 44.9 Å². The number of esters is 2. The van der Waals surface area contributed by atoms with Crippen LogP contribution in [-0.4, -0.2) is 31.6 Å². The molecule has 3 aromatic carbocycles. The molecule has 0 saturated heterocycles. The molecule has 0 amide bonds. The maximum absolute atomic E-state index is 11.8. The van der Waals surface area contributed by atoms with Crippen molar-refractivity contribution >= 4 is 11.9 Å². The maximum Gasteiger partial charge on any atom is 2.00 e. The smallest absolute Gasteiger partial charge is 0.457 e. The summed E-state index contributed by atoms with van der Waals surface area (Å²) in [6, 6.07) is 3.44. The monoisotopic (exact) mass is 940 g/mol. The van der Waals surface area contributed by atoms with Crippen LogP contribution in [0, 0.1) is 119 Å². The first kappa shape index (κ1) is 48.8. The van der Waals surface area contributed by atoms with Gasteiger partial charge in [-0.1, -0.05) is 82.9 Å². The van der Waals surface area contributed by atoms with E-state index >= 15 is 0 Å². The molecule has 0 spiro atoms. The van der Waals surface area contributed by atoms with Crippen molar-refractivity contribution < 1.29 is 49.6 Å². The van der Waals surface area contributed by atoms with Crippen molar-refractivity contribution in [3.8, 4) is 29.4 Å². The van der Waals surface area contributed by atoms with E-state index in [1.54, 1.807) is 13.8 Å². The molecule has 0 bridgehead atoms. The molecule has 1 saturated carbocycles. The molecule has 1 fully saturated rings. The van der Waals surface area contributed by atoms with Crippen LogP contribution in [0.5, 0.6) is 5.75 Å². The largest absolute Gasteiger partial charge is 2.00 e. The van der Waals surface area contributed by atoms with Crippen LogP contribution in [0.1, 0.15) is 129 Å². The van der Waals surface area contributed by atoms with Crippen LogP contribution in [0.15, 0.2) is 24.3 Å². The van der Waals surface area contributed by atoms with Crippen molar-refractivity contribution in [2.75, 3.05) is 13.6 Å². The zero-order chi connectivity index (χ0) is 42.0. The molecule has 3 aromatic rings. The van der Waals surface area contributed by atoms with Crippen LogP contribution in [0.3, 0.4) is 0 Å². The van der Waals surface area contributed by atoms with Crippen LogP contribution in [0.4, 0.5) is 0 Å². The summed E-state index contributed by atoms with van der Waals surface area (Å²) in [5.41, 5.74) is 18.3. The second-order valence-corrected chi connectivity index (χ2v) is 15.0. The van der Waals surface area contributed by atoms with Crippen LogP contribution < -0.4 is 4.74 Å². The van der Waals surface area contributed by atoms with Crippen molar-refractivity contribution in [2.24, 2.45) is 0 Å². The summed E-state index contributed by atoms with van der Waals surface area (Å²) >= 11 is 0. The number of carbonyl (C=O) groups is 2. The Labute approximate surface area is 357 Å². The maximum atomic E-state index is 11.8. The van der Waals surface area contributed by atoms with E-state index in [-0.39, 0.29) is 46.7 Å². The van der Waals surface area contributed by atoms with Gasteiger partial charge in [-0.05, 0) is 114 Å². The number of hydrogen-bond donors (Lipinski definition) is 0. The molecule has 0 unspecified atom stereocenters. The third-order valence-electron chi connectivity index (χ3n) is 11.0. The predicted molar refractivity (Wildman–Crippen MR) is 227 cm³/mol. The molecule has 1 aliphatic carbocycles. The Kier molecular flexibility index (Phi) is 18.8. The second-order valence-electron chi connectivity index (χ2n) is 15.0. The summed E-state index contributed by atoms with van der Waals surface area (Å²) < 4.78 is 21.3. The van der Waals surface area contributed by atoms with Crippen LogP contribution in [0.25, 0.3) is 0 Å². The average molecular weight is 941 g/mol. The van der Waals surface area contributed by atoms with E-state index in [0.29, 0.717) is 11.1 Å². The Morgan fingerprint density at radius 2 is 0.912 bits per heavy atom. The van der Waals surface area contributed by atoms with E-state index in [0.717, 1.165) is 109 Å². The van der Waals surface area contributed by atoms with Gasteiger partial charge in [0.1, 0.15) is 5.75 Å². The first-order chi connectivity index (χ1) is 26.3. The Morgan fingerprint density at radius 3 is 1.28 bits per heavy atom. The van der Waals surface area contributed by atoms with Crippen molar-refractivity contribution in [2.45, 2.75) is 129 Å². The van der Waals surface area contributed by atoms with Crippen molar-refractivity contribution in [1.29, 1.82) is 0 Å². The fourth-order valence-electron chi connectivity index (χ4n) is 6.57. The summed E-state index contributed by atoms with van der Waals surface area (Å²) in [5.74, 6) is 13.9. The normalized spacial score (nSPS) is 12.0. The van der Waals surface area contributed by atoms with Crippen molar-refractivity contribution in [3.05, 3.63) is 126 Å². The average Bonchev–Trinajstić information content (AvgIpc) is 3.16. The zero-order valence-electron chi connectivity index (χ0n) is 36.7. The van der Waals surface area contributed by atoms with Crippen LogP contribution in [0.2, 0.25) is 0 Å². The van der Waals surface area contributed by atoms with E-state index < -0.39 is 5.97 Å². The minimum atomic E-state index is -0.469. The zero-order valence-corrected chi connectivity index (χ0v) is 39.6. The van der Waals surface area contributed by atoms with Crippen molar-refractivity contribution in [1.82, 2.24) is 0 Å². The quantitative estimate of drug-likeness (QED) is 0.0737. The van der Waals surface area contributed by atoms with E-state index in [1.165, 1.54) is 11.1 Å². The fourth-order valence-corrected chi connectivity index (χ4v) is 6.57. The molecular weight excluding hydrogens is 880 g/mol. The number of ether oxygens (including phenoxy) is 4. The minimum Gasteiger partial charge on any atom is -0.457 e. The summed E-state index contributed by atoms with van der Waals surface area (Å²) in [6.07, 6.45) is 6.77. The van der Waals surface area contributed by atoms with E-state index in [2.05, 4.69) is 119 Å². The summed E-state index contributed by atoms with van der Waals surface area (Å²) in [6.45, 7) is 35.4. The Morgan fingerprint density at radius 1 is 0.579 bits per heavy atom. The first-order valence-electron chi connectivity index (χ1n) is 19.3. The molecule has 0 aromatic heterocycles. The van der Waals surface area contributed by atoms with Gasteiger partial charge in [-0.25, -0.2) is 9.59 Å². The van der Waals surface area contributed by atoms with E-state index in [1.807, 2.05) is 13.8 Å².